The first-order valence-corrected chi connectivity index (χ1v) is 10.7. The first-order valence-electron chi connectivity index (χ1n) is 10.7. The summed E-state index contributed by atoms with van der Waals surface area (Å²) < 4.78 is 16.3. The van der Waals surface area contributed by atoms with E-state index in [0.29, 0.717) is 34.8 Å². The minimum Gasteiger partial charge on any atom is -0.493 e. The number of methoxy groups -OCH3 is 2. The molecule has 172 valence electrons. The molecule has 0 radical (unpaired) electrons. The maximum Gasteiger partial charge on any atom is 0.258 e. The van der Waals surface area contributed by atoms with Crippen molar-refractivity contribution in [3.63, 3.8) is 0 Å². The molecule has 0 bridgehead atoms. The summed E-state index contributed by atoms with van der Waals surface area (Å²) in [7, 11) is 3.04. The Hall–Kier alpha value is -3.81. The molecule has 0 aliphatic carbocycles. The number of likely N-dealkylation sites (N-methyl/N-ethyl adjacent to an activating group) is 1. The Morgan fingerprint density at radius 3 is 2.55 bits per heavy atom. The maximum absolute atomic E-state index is 13.1. The van der Waals surface area contributed by atoms with Crippen molar-refractivity contribution in [2.45, 2.75) is 33.7 Å². The Bertz CT molecular complexity index is 1400. The van der Waals surface area contributed by atoms with Crippen LogP contribution < -0.4 is 15.0 Å². The van der Waals surface area contributed by atoms with Crippen molar-refractivity contribution in [1.29, 1.82) is 0 Å². The molecule has 4 aromatic rings. The molecule has 1 amide bonds. The van der Waals surface area contributed by atoms with Crippen LogP contribution in [-0.2, 0) is 17.8 Å². The van der Waals surface area contributed by atoms with Gasteiger partial charge in [0, 0.05) is 23.6 Å². The van der Waals surface area contributed by atoms with E-state index in [9.17, 15) is 9.59 Å². The largest absolute Gasteiger partial charge is 0.493 e. The van der Waals surface area contributed by atoms with Gasteiger partial charge in [0.15, 0.2) is 11.5 Å². The SMILES string of the molecule is CCN(Cc1nc2cc(OC)c(OC)cc2c(=O)[nH]1)C(=O)Cc1coc2c(C)c(C)ccc12. The first kappa shape index (κ1) is 22.4. The molecule has 4 rings (SSSR count). The predicted octanol–water partition coefficient (Wildman–Crippen LogP) is 3.89. The molecule has 8 heteroatoms. The van der Waals surface area contributed by atoms with Crippen LogP contribution in [0.2, 0.25) is 0 Å². The van der Waals surface area contributed by atoms with Crippen molar-refractivity contribution in [1.82, 2.24) is 14.9 Å². The average molecular weight is 450 g/mol. The monoisotopic (exact) mass is 449 g/mol. The summed E-state index contributed by atoms with van der Waals surface area (Å²) in [5.41, 5.74) is 4.04. The number of hydrogen-bond donors (Lipinski definition) is 1. The minimum absolute atomic E-state index is 0.0755. The van der Waals surface area contributed by atoms with Gasteiger partial charge in [0.2, 0.25) is 5.91 Å². The number of H-pyrrole nitrogens is 1. The van der Waals surface area contributed by atoms with Crippen LogP contribution in [0.1, 0.15) is 29.4 Å². The minimum atomic E-state index is -0.300. The Kier molecular flexibility index (Phi) is 6.09. The van der Waals surface area contributed by atoms with Crippen LogP contribution in [0.25, 0.3) is 21.9 Å². The van der Waals surface area contributed by atoms with Gasteiger partial charge in [-0.05, 0) is 38.0 Å². The maximum atomic E-state index is 13.1. The topological polar surface area (TPSA) is 97.7 Å². The van der Waals surface area contributed by atoms with Gasteiger partial charge in [-0.2, -0.15) is 0 Å². The third kappa shape index (κ3) is 4.16. The highest BCUT2D eigenvalue weighted by Gasteiger charge is 2.19. The van der Waals surface area contributed by atoms with E-state index in [2.05, 4.69) is 9.97 Å². The number of carbonyl (C=O) groups is 1. The quantitative estimate of drug-likeness (QED) is 0.460. The standard InChI is InChI=1S/C25H27N3O5/c1-6-28(23(29)9-16-13-33-24-15(3)14(2)7-8-17(16)24)12-22-26-19-11-21(32-5)20(31-4)10-18(19)25(30)27-22/h7-8,10-11,13H,6,9,12H2,1-5H3,(H,26,27,30). The highest BCUT2D eigenvalue weighted by Crippen LogP contribution is 2.30. The zero-order chi connectivity index (χ0) is 23.7. The van der Waals surface area contributed by atoms with Gasteiger partial charge in [-0.3, -0.25) is 9.59 Å². The van der Waals surface area contributed by atoms with Crippen LogP contribution in [-0.4, -0.2) is 41.5 Å². The van der Waals surface area contributed by atoms with Crippen molar-refractivity contribution in [2.75, 3.05) is 20.8 Å². The summed E-state index contributed by atoms with van der Waals surface area (Å²) >= 11 is 0. The molecule has 0 spiro atoms. The van der Waals surface area contributed by atoms with E-state index in [1.807, 2.05) is 32.9 Å². The molecule has 2 aromatic heterocycles. The smallest absolute Gasteiger partial charge is 0.258 e. The van der Waals surface area contributed by atoms with Crippen LogP contribution >= 0.6 is 0 Å². The number of ether oxygens (including phenoxy) is 2. The molecule has 0 fully saturated rings. The number of rotatable bonds is 7. The normalized spacial score (nSPS) is 11.2. The number of nitrogens with one attached hydrogen (secondary N) is 1. The second-order valence-corrected chi connectivity index (χ2v) is 7.97. The first-order chi connectivity index (χ1) is 15.9. The van der Waals surface area contributed by atoms with Gasteiger partial charge < -0.3 is 23.8 Å². The summed E-state index contributed by atoms with van der Waals surface area (Å²) in [4.78, 5) is 34.8. The molecular weight excluding hydrogens is 422 g/mol. The van der Waals surface area contributed by atoms with E-state index in [-0.39, 0.29) is 24.4 Å². The second kappa shape index (κ2) is 8.97. The highest BCUT2D eigenvalue weighted by molar-refractivity contribution is 5.89. The summed E-state index contributed by atoms with van der Waals surface area (Å²) in [6, 6.07) is 7.28. The molecule has 2 aromatic carbocycles. The molecular formula is C25H27N3O5. The fraction of sp³-hybridized carbons (Fsp3) is 0.320. The third-order valence-corrected chi connectivity index (χ3v) is 6.02. The predicted molar refractivity (Wildman–Crippen MR) is 126 cm³/mol. The molecule has 2 heterocycles. The molecule has 0 aliphatic heterocycles. The van der Waals surface area contributed by atoms with Crippen molar-refractivity contribution >= 4 is 27.8 Å². The summed E-state index contributed by atoms with van der Waals surface area (Å²) in [5, 5.41) is 1.34. The lowest BCUT2D eigenvalue weighted by atomic mass is 10.0. The number of furan rings is 1. The zero-order valence-electron chi connectivity index (χ0n) is 19.4. The average Bonchev–Trinajstić information content (AvgIpc) is 3.22. The number of hydrogen-bond acceptors (Lipinski definition) is 6. The van der Waals surface area contributed by atoms with Crippen molar-refractivity contribution < 1.29 is 18.7 Å². The van der Waals surface area contributed by atoms with Crippen LogP contribution in [0.4, 0.5) is 0 Å². The van der Waals surface area contributed by atoms with E-state index in [4.69, 9.17) is 13.9 Å². The highest BCUT2D eigenvalue weighted by atomic mass is 16.5. The number of aromatic amines is 1. The third-order valence-electron chi connectivity index (χ3n) is 6.02. The number of aryl methyl sites for hydroxylation is 2. The number of carbonyl (C=O) groups excluding carboxylic acids is 1. The number of benzene rings is 2. The van der Waals surface area contributed by atoms with Crippen molar-refractivity contribution in [3.05, 3.63) is 63.4 Å². The number of nitrogens with zero attached hydrogens (tertiary/aromatic N) is 2. The molecule has 33 heavy (non-hydrogen) atoms. The second-order valence-electron chi connectivity index (χ2n) is 7.97. The molecule has 0 saturated carbocycles. The van der Waals surface area contributed by atoms with Gasteiger partial charge >= 0.3 is 0 Å². The van der Waals surface area contributed by atoms with Crippen LogP contribution in [0.5, 0.6) is 11.5 Å². The van der Waals surface area contributed by atoms with Crippen LogP contribution in [0, 0.1) is 13.8 Å². The summed E-state index contributed by atoms with van der Waals surface area (Å²) in [5.74, 6) is 1.26. The van der Waals surface area contributed by atoms with E-state index in [1.54, 1.807) is 23.3 Å². The van der Waals surface area contributed by atoms with Crippen molar-refractivity contribution in [2.24, 2.45) is 0 Å². The Labute approximate surface area is 191 Å². The fourth-order valence-electron chi connectivity index (χ4n) is 3.95. The Morgan fingerprint density at radius 1 is 1.12 bits per heavy atom. The molecule has 0 unspecified atom stereocenters. The van der Waals surface area contributed by atoms with Gasteiger partial charge in [0.1, 0.15) is 11.4 Å². The lowest BCUT2D eigenvalue weighted by Gasteiger charge is -2.20. The molecule has 0 saturated heterocycles. The van der Waals surface area contributed by atoms with Gasteiger partial charge in [0.25, 0.3) is 5.56 Å². The molecule has 0 atom stereocenters. The molecule has 8 nitrogen and oxygen atoms in total. The number of aromatic nitrogens is 2. The van der Waals surface area contributed by atoms with E-state index in [0.717, 1.165) is 27.7 Å². The van der Waals surface area contributed by atoms with Crippen molar-refractivity contribution in [3.8, 4) is 11.5 Å². The van der Waals surface area contributed by atoms with Crippen LogP contribution in [0.3, 0.4) is 0 Å². The Morgan fingerprint density at radius 2 is 1.85 bits per heavy atom. The van der Waals surface area contributed by atoms with Crippen LogP contribution in [0.15, 0.2) is 39.7 Å². The van der Waals surface area contributed by atoms with E-state index >= 15 is 0 Å². The van der Waals surface area contributed by atoms with E-state index in [1.165, 1.54) is 14.2 Å². The van der Waals surface area contributed by atoms with Gasteiger partial charge in [-0.1, -0.05) is 12.1 Å². The molecule has 1 N–H and O–H groups in total. The van der Waals surface area contributed by atoms with Gasteiger partial charge in [-0.15, -0.1) is 0 Å². The lowest BCUT2D eigenvalue weighted by molar-refractivity contribution is -0.131. The number of fused-ring (bicyclic) bond motifs is 2. The zero-order valence-corrected chi connectivity index (χ0v) is 19.4. The van der Waals surface area contributed by atoms with Gasteiger partial charge in [-0.25, -0.2) is 4.98 Å². The Balaban J connectivity index is 1.60. The van der Waals surface area contributed by atoms with Gasteiger partial charge in [0.05, 0.1) is 44.4 Å². The van der Waals surface area contributed by atoms with E-state index < -0.39 is 0 Å². The number of amides is 1. The summed E-state index contributed by atoms with van der Waals surface area (Å²) in [6.07, 6.45) is 1.85. The lowest BCUT2D eigenvalue weighted by Crippen LogP contribution is -2.33. The fourth-order valence-corrected chi connectivity index (χ4v) is 3.95. The summed E-state index contributed by atoms with van der Waals surface area (Å²) in [6.45, 7) is 6.59. The molecule has 0 aliphatic rings.